The molecular weight excluding hydrogens is 208 g/mol. The summed E-state index contributed by atoms with van der Waals surface area (Å²) >= 11 is 1.43. The van der Waals surface area contributed by atoms with Crippen LogP contribution in [-0.2, 0) is 4.79 Å². The van der Waals surface area contributed by atoms with Crippen molar-refractivity contribution < 1.29 is 4.79 Å². The van der Waals surface area contributed by atoms with Gasteiger partial charge in [0.05, 0.1) is 0 Å². The molecule has 0 aliphatic carbocycles. The van der Waals surface area contributed by atoms with E-state index in [9.17, 15) is 4.79 Å². The zero-order chi connectivity index (χ0) is 9.56. The molecule has 72 valence electrons. The van der Waals surface area contributed by atoms with E-state index in [0.29, 0.717) is 11.2 Å². The highest BCUT2D eigenvalue weighted by Crippen LogP contribution is 2.31. The number of hydrogen-bond donors (Lipinski definition) is 0. The summed E-state index contributed by atoms with van der Waals surface area (Å²) in [4.78, 5) is 10.7. The molecular formula is C8H16OS3. The summed E-state index contributed by atoms with van der Waals surface area (Å²) in [5, 5.41) is 0.816. The van der Waals surface area contributed by atoms with Gasteiger partial charge in [-0.3, -0.25) is 4.79 Å². The number of hydrogen-bond acceptors (Lipinski definition) is 4. The number of carbonyl (C=O) groups excluding carboxylic acids is 1. The Bertz CT molecular complexity index is 136. The first-order valence-corrected chi connectivity index (χ1v) is 7.51. The molecule has 0 fully saturated rings. The SMILES string of the molecule is CSS[C@@H](CSC(C)=O)C(C)C. The molecule has 0 rings (SSSR count). The lowest BCUT2D eigenvalue weighted by atomic mass is 10.1. The normalized spacial score (nSPS) is 13.4. The van der Waals surface area contributed by atoms with Crippen LogP contribution >= 0.6 is 33.3 Å². The Labute approximate surface area is 87.2 Å². The first kappa shape index (κ1) is 12.7. The molecule has 0 saturated carbocycles. The molecule has 1 nitrogen and oxygen atoms in total. The van der Waals surface area contributed by atoms with Gasteiger partial charge in [-0.15, -0.1) is 0 Å². The van der Waals surface area contributed by atoms with E-state index < -0.39 is 0 Å². The highest BCUT2D eigenvalue weighted by atomic mass is 33.1. The molecule has 0 spiro atoms. The minimum atomic E-state index is 0.224. The second-order valence-electron chi connectivity index (χ2n) is 2.85. The Morgan fingerprint density at radius 3 is 2.33 bits per heavy atom. The van der Waals surface area contributed by atoms with Crippen LogP contribution in [-0.4, -0.2) is 22.4 Å². The molecule has 0 radical (unpaired) electrons. The predicted octanol–water partition coefficient (Wildman–Crippen LogP) is 3.30. The van der Waals surface area contributed by atoms with Crippen molar-refractivity contribution in [1.82, 2.24) is 0 Å². The number of rotatable bonds is 5. The standard InChI is InChI=1S/C8H16OS3/c1-6(2)8(12-10-4)5-11-7(3)9/h6,8H,5H2,1-4H3/t8-/m0/s1. The molecule has 0 aromatic carbocycles. The first-order chi connectivity index (χ1) is 5.57. The maximum Gasteiger partial charge on any atom is 0.185 e. The van der Waals surface area contributed by atoms with E-state index in [1.54, 1.807) is 17.7 Å². The lowest BCUT2D eigenvalue weighted by Gasteiger charge is -2.17. The third kappa shape index (κ3) is 6.26. The third-order valence-electron chi connectivity index (χ3n) is 1.41. The Kier molecular flexibility index (Phi) is 7.58. The van der Waals surface area contributed by atoms with Crippen LogP contribution in [0.2, 0.25) is 0 Å². The molecule has 12 heavy (non-hydrogen) atoms. The summed E-state index contributed by atoms with van der Waals surface area (Å²) in [5.74, 6) is 1.59. The van der Waals surface area contributed by atoms with Crippen LogP contribution in [0.25, 0.3) is 0 Å². The zero-order valence-corrected chi connectivity index (χ0v) is 10.4. The summed E-state index contributed by atoms with van der Waals surface area (Å²) in [6.45, 7) is 6.04. The molecule has 0 unspecified atom stereocenters. The van der Waals surface area contributed by atoms with Crippen molar-refractivity contribution in [2.24, 2.45) is 5.92 Å². The topological polar surface area (TPSA) is 17.1 Å². The third-order valence-corrected chi connectivity index (χ3v) is 5.03. The van der Waals surface area contributed by atoms with Gasteiger partial charge >= 0.3 is 0 Å². The fourth-order valence-corrected chi connectivity index (χ4v) is 4.24. The van der Waals surface area contributed by atoms with Gasteiger partial charge in [-0.2, -0.15) is 0 Å². The van der Waals surface area contributed by atoms with Gasteiger partial charge in [0.2, 0.25) is 0 Å². The Morgan fingerprint density at radius 1 is 1.42 bits per heavy atom. The van der Waals surface area contributed by atoms with Crippen LogP contribution in [0.15, 0.2) is 0 Å². The van der Waals surface area contributed by atoms with Gasteiger partial charge in [-0.25, -0.2) is 0 Å². The van der Waals surface area contributed by atoms with Crippen LogP contribution in [0.3, 0.4) is 0 Å². The van der Waals surface area contributed by atoms with Crippen LogP contribution in [0.5, 0.6) is 0 Å². The predicted molar refractivity (Wildman–Crippen MR) is 62.9 cm³/mol. The van der Waals surface area contributed by atoms with E-state index in [0.717, 1.165) is 5.75 Å². The van der Waals surface area contributed by atoms with Gasteiger partial charge in [0.15, 0.2) is 5.12 Å². The molecule has 4 heteroatoms. The van der Waals surface area contributed by atoms with Crippen LogP contribution in [0, 0.1) is 5.92 Å². The summed E-state index contributed by atoms with van der Waals surface area (Å²) < 4.78 is 0. The summed E-state index contributed by atoms with van der Waals surface area (Å²) in [6.07, 6.45) is 2.08. The van der Waals surface area contributed by atoms with Gasteiger partial charge in [0.1, 0.15) is 0 Å². The molecule has 0 aliphatic rings. The van der Waals surface area contributed by atoms with Gasteiger partial charge in [0, 0.05) is 17.9 Å². The largest absolute Gasteiger partial charge is 0.288 e. The van der Waals surface area contributed by atoms with Crippen molar-refractivity contribution in [2.45, 2.75) is 26.0 Å². The molecule has 0 heterocycles. The molecule has 0 aliphatic heterocycles. The van der Waals surface area contributed by atoms with Crippen LogP contribution in [0.1, 0.15) is 20.8 Å². The van der Waals surface area contributed by atoms with Crippen molar-refractivity contribution in [3.63, 3.8) is 0 Å². The van der Waals surface area contributed by atoms with Crippen molar-refractivity contribution >= 4 is 38.5 Å². The quantitative estimate of drug-likeness (QED) is 0.666. The van der Waals surface area contributed by atoms with Crippen molar-refractivity contribution in [2.75, 3.05) is 12.0 Å². The monoisotopic (exact) mass is 224 g/mol. The average Bonchev–Trinajstić information content (AvgIpc) is 1.96. The summed E-state index contributed by atoms with van der Waals surface area (Å²) in [7, 11) is 3.65. The second-order valence-corrected chi connectivity index (χ2v) is 6.75. The Hall–Kier alpha value is 0.720. The lowest BCUT2D eigenvalue weighted by molar-refractivity contribution is -0.109. The molecule has 1 atom stereocenters. The molecule has 0 aromatic heterocycles. The number of thioether (sulfide) groups is 1. The Balaban J connectivity index is 3.70. The smallest absolute Gasteiger partial charge is 0.185 e. The molecule has 0 amide bonds. The van der Waals surface area contributed by atoms with E-state index >= 15 is 0 Å². The highest BCUT2D eigenvalue weighted by molar-refractivity contribution is 8.76. The van der Waals surface area contributed by atoms with Crippen molar-refractivity contribution in [1.29, 1.82) is 0 Å². The van der Waals surface area contributed by atoms with Crippen molar-refractivity contribution in [3.05, 3.63) is 0 Å². The summed E-state index contributed by atoms with van der Waals surface area (Å²) in [6, 6.07) is 0. The van der Waals surface area contributed by atoms with E-state index in [2.05, 4.69) is 20.1 Å². The minimum absolute atomic E-state index is 0.224. The van der Waals surface area contributed by atoms with Gasteiger partial charge in [-0.1, -0.05) is 47.2 Å². The fourth-order valence-electron chi connectivity index (χ4n) is 0.654. The summed E-state index contributed by atoms with van der Waals surface area (Å²) in [5.41, 5.74) is 0. The average molecular weight is 224 g/mol. The molecule has 0 saturated heterocycles. The van der Waals surface area contributed by atoms with Gasteiger partial charge in [-0.05, 0) is 12.2 Å². The first-order valence-electron chi connectivity index (χ1n) is 3.90. The van der Waals surface area contributed by atoms with Gasteiger partial charge in [0.25, 0.3) is 0 Å². The maximum atomic E-state index is 10.7. The zero-order valence-electron chi connectivity index (χ0n) is 7.99. The lowest BCUT2D eigenvalue weighted by Crippen LogP contribution is -2.13. The van der Waals surface area contributed by atoms with Crippen LogP contribution in [0.4, 0.5) is 0 Å². The van der Waals surface area contributed by atoms with E-state index in [4.69, 9.17) is 0 Å². The van der Waals surface area contributed by atoms with Gasteiger partial charge < -0.3 is 0 Å². The van der Waals surface area contributed by atoms with Crippen LogP contribution < -0.4 is 0 Å². The fraction of sp³-hybridized carbons (Fsp3) is 0.875. The maximum absolute atomic E-state index is 10.7. The molecule has 0 aromatic rings. The van der Waals surface area contributed by atoms with E-state index in [1.807, 2.05) is 10.8 Å². The van der Waals surface area contributed by atoms with E-state index in [-0.39, 0.29) is 5.12 Å². The minimum Gasteiger partial charge on any atom is -0.288 e. The Morgan fingerprint density at radius 2 is 2.00 bits per heavy atom. The number of carbonyl (C=O) groups is 1. The second kappa shape index (κ2) is 7.15. The van der Waals surface area contributed by atoms with E-state index in [1.165, 1.54) is 11.8 Å². The van der Waals surface area contributed by atoms with Crippen molar-refractivity contribution in [3.8, 4) is 0 Å². The molecule has 0 bridgehead atoms. The highest BCUT2D eigenvalue weighted by Gasteiger charge is 2.14. The molecule has 0 N–H and O–H groups in total.